The quantitative estimate of drug-likeness (QED) is 0.381. The van der Waals surface area contributed by atoms with Gasteiger partial charge in [0.25, 0.3) is 0 Å². The maximum atomic E-state index is 13.5. The lowest BCUT2D eigenvalue weighted by molar-refractivity contribution is -0.137. The lowest BCUT2D eigenvalue weighted by Crippen LogP contribution is -2.44. The van der Waals surface area contributed by atoms with Gasteiger partial charge in [-0.2, -0.15) is 28.8 Å². The highest BCUT2D eigenvalue weighted by Crippen LogP contribution is 2.46. The number of anilines is 2. The zero-order chi connectivity index (χ0) is 23.6. The van der Waals surface area contributed by atoms with Crippen LogP contribution in [0.1, 0.15) is 55.2 Å². The van der Waals surface area contributed by atoms with Crippen molar-refractivity contribution in [1.29, 1.82) is 10.5 Å². The average molecular weight is 471 g/mol. The molecule has 0 N–H and O–H groups in total. The second-order valence-electron chi connectivity index (χ2n) is 8.17. The fraction of sp³-hybridized carbons (Fsp3) is 0.375. The number of unbranched alkanes of at least 4 members (excludes halogenated alkanes) is 1. The van der Waals surface area contributed by atoms with E-state index in [4.69, 9.17) is 27.6 Å². The number of nitriles is 2. The monoisotopic (exact) mass is 470 g/mol. The SMILES string of the molecule is N#CCCCc1ccc(N2C(=S)N(c3ccc(C#N)c(C(F)(F)F)c3)OC23CCCC3)cc1. The molecule has 2 aromatic rings. The van der Waals surface area contributed by atoms with Gasteiger partial charge in [0.1, 0.15) is 0 Å². The smallest absolute Gasteiger partial charge is 0.285 e. The summed E-state index contributed by atoms with van der Waals surface area (Å²) in [4.78, 5) is 8.15. The molecule has 1 aliphatic carbocycles. The van der Waals surface area contributed by atoms with Crippen molar-refractivity contribution >= 4 is 28.7 Å². The highest BCUT2D eigenvalue weighted by atomic mass is 32.1. The van der Waals surface area contributed by atoms with E-state index < -0.39 is 23.0 Å². The molecule has 0 atom stereocenters. The number of thiocarbonyl (C=S) groups is 1. The standard InChI is InChI=1S/C24H21F3N4OS/c25-24(26,27)21-15-20(11-8-18(21)16-29)31-22(33)30(23(32-31)12-2-3-13-23)19-9-6-17(7-10-19)5-1-4-14-28/h6-11,15H,1-5,12-13H2. The molecule has 2 aliphatic rings. The molecule has 4 rings (SSSR count). The Kier molecular flexibility index (Phi) is 6.29. The van der Waals surface area contributed by atoms with E-state index in [1.807, 2.05) is 29.2 Å². The molecule has 1 heterocycles. The molecule has 0 radical (unpaired) electrons. The van der Waals surface area contributed by atoms with Crippen LogP contribution < -0.4 is 9.96 Å². The number of benzene rings is 2. The maximum absolute atomic E-state index is 13.5. The molecule has 2 aromatic carbocycles. The van der Waals surface area contributed by atoms with E-state index in [0.29, 0.717) is 19.3 Å². The largest absolute Gasteiger partial charge is 0.417 e. The minimum absolute atomic E-state index is 0.133. The molecule has 1 aliphatic heterocycles. The summed E-state index contributed by atoms with van der Waals surface area (Å²) in [5.41, 5.74) is -0.193. The molecule has 2 fully saturated rings. The Morgan fingerprint density at radius 2 is 1.70 bits per heavy atom. The molecule has 5 nitrogen and oxygen atoms in total. The number of hydrogen-bond acceptors (Lipinski definition) is 4. The van der Waals surface area contributed by atoms with E-state index in [9.17, 15) is 13.2 Å². The zero-order valence-electron chi connectivity index (χ0n) is 17.7. The average Bonchev–Trinajstić information content (AvgIpc) is 3.38. The van der Waals surface area contributed by atoms with Gasteiger partial charge in [-0.3, -0.25) is 4.90 Å². The van der Waals surface area contributed by atoms with E-state index in [1.165, 1.54) is 11.1 Å². The lowest BCUT2D eigenvalue weighted by Gasteiger charge is -2.32. The first-order chi connectivity index (χ1) is 15.8. The first kappa shape index (κ1) is 23.0. The molecule has 1 saturated carbocycles. The van der Waals surface area contributed by atoms with Gasteiger partial charge in [0.2, 0.25) is 5.11 Å². The molecule has 0 aromatic heterocycles. The predicted octanol–water partition coefficient (Wildman–Crippen LogP) is 6.24. The molecule has 0 bridgehead atoms. The summed E-state index contributed by atoms with van der Waals surface area (Å²) in [7, 11) is 0. The Balaban J connectivity index is 1.67. The van der Waals surface area contributed by atoms with Crippen LogP contribution in [0.15, 0.2) is 42.5 Å². The van der Waals surface area contributed by atoms with Gasteiger partial charge in [-0.25, -0.2) is 4.84 Å². The van der Waals surface area contributed by atoms with Crippen molar-refractivity contribution < 1.29 is 18.0 Å². The maximum Gasteiger partial charge on any atom is 0.417 e. The van der Waals surface area contributed by atoms with E-state index >= 15 is 0 Å². The van der Waals surface area contributed by atoms with Crippen LogP contribution in [0.5, 0.6) is 0 Å². The zero-order valence-corrected chi connectivity index (χ0v) is 18.5. The van der Waals surface area contributed by atoms with Crippen molar-refractivity contribution in [2.75, 3.05) is 9.96 Å². The van der Waals surface area contributed by atoms with Crippen LogP contribution in [0, 0.1) is 22.7 Å². The van der Waals surface area contributed by atoms with Gasteiger partial charge >= 0.3 is 6.18 Å². The van der Waals surface area contributed by atoms with E-state index in [1.54, 1.807) is 6.07 Å². The van der Waals surface area contributed by atoms with Gasteiger partial charge in [0.15, 0.2) is 5.72 Å². The molecule has 33 heavy (non-hydrogen) atoms. The van der Waals surface area contributed by atoms with E-state index in [2.05, 4.69) is 6.07 Å². The molecule has 0 amide bonds. The first-order valence-corrected chi connectivity index (χ1v) is 11.1. The number of alkyl halides is 3. The van der Waals surface area contributed by atoms with Gasteiger partial charge in [-0.1, -0.05) is 12.1 Å². The summed E-state index contributed by atoms with van der Waals surface area (Å²) < 4.78 is 40.5. The van der Waals surface area contributed by atoms with Crippen molar-refractivity contribution in [2.24, 2.45) is 0 Å². The van der Waals surface area contributed by atoms with Crippen LogP contribution in [0.3, 0.4) is 0 Å². The molecule has 1 spiro atoms. The summed E-state index contributed by atoms with van der Waals surface area (Å²) in [5.74, 6) is 0. The Labute approximate surface area is 195 Å². The van der Waals surface area contributed by atoms with Crippen LogP contribution in [-0.2, 0) is 17.4 Å². The van der Waals surface area contributed by atoms with Gasteiger partial charge in [0, 0.05) is 12.1 Å². The summed E-state index contributed by atoms with van der Waals surface area (Å²) in [6, 6.07) is 15.0. The Morgan fingerprint density at radius 1 is 1.03 bits per heavy atom. The summed E-state index contributed by atoms with van der Waals surface area (Å²) in [5, 5.41) is 19.3. The van der Waals surface area contributed by atoms with Gasteiger partial charge in [0.05, 0.1) is 29.0 Å². The first-order valence-electron chi connectivity index (χ1n) is 10.7. The predicted molar refractivity (Wildman–Crippen MR) is 121 cm³/mol. The van der Waals surface area contributed by atoms with Crippen molar-refractivity contribution in [3.63, 3.8) is 0 Å². The Morgan fingerprint density at radius 3 is 2.30 bits per heavy atom. The molecular weight excluding hydrogens is 449 g/mol. The second-order valence-corrected chi connectivity index (χ2v) is 8.54. The van der Waals surface area contributed by atoms with Crippen molar-refractivity contribution in [1.82, 2.24) is 0 Å². The van der Waals surface area contributed by atoms with Crippen molar-refractivity contribution in [2.45, 2.75) is 56.8 Å². The molecular formula is C24H21F3N4OS. The molecule has 9 heteroatoms. The number of aryl methyl sites for hydroxylation is 1. The van der Waals surface area contributed by atoms with Crippen LogP contribution >= 0.6 is 12.2 Å². The fourth-order valence-corrected chi connectivity index (χ4v) is 4.85. The van der Waals surface area contributed by atoms with E-state index in [0.717, 1.165) is 49.1 Å². The summed E-state index contributed by atoms with van der Waals surface area (Å²) in [6.45, 7) is 0. The minimum Gasteiger partial charge on any atom is -0.285 e. The summed E-state index contributed by atoms with van der Waals surface area (Å²) >= 11 is 5.70. The van der Waals surface area contributed by atoms with Crippen LogP contribution in [0.2, 0.25) is 0 Å². The van der Waals surface area contributed by atoms with Crippen molar-refractivity contribution in [3.05, 3.63) is 59.2 Å². The minimum atomic E-state index is -4.67. The fourth-order valence-electron chi connectivity index (χ4n) is 4.44. The van der Waals surface area contributed by atoms with Crippen LogP contribution in [-0.4, -0.2) is 10.8 Å². The van der Waals surface area contributed by atoms with Crippen LogP contribution in [0.4, 0.5) is 24.5 Å². The van der Waals surface area contributed by atoms with Crippen LogP contribution in [0.25, 0.3) is 0 Å². The number of rotatable bonds is 5. The third kappa shape index (κ3) is 4.39. The highest BCUT2D eigenvalue weighted by molar-refractivity contribution is 7.80. The topological polar surface area (TPSA) is 63.3 Å². The normalized spacial score (nSPS) is 17.4. The van der Waals surface area contributed by atoms with Crippen molar-refractivity contribution in [3.8, 4) is 12.1 Å². The van der Waals surface area contributed by atoms with Gasteiger partial charge in [-0.05, 0) is 86.6 Å². The Hall–Kier alpha value is -3.14. The third-order valence-electron chi connectivity index (χ3n) is 6.03. The lowest BCUT2D eigenvalue weighted by atomic mass is 10.1. The number of hydrogen-bond donors (Lipinski definition) is 0. The van der Waals surface area contributed by atoms with Gasteiger partial charge < -0.3 is 0 Å². The third-order valence-corrected chi connectivity index (χ3v) is 6.38. The number of halogens is 3. The number of hydroxylamine groups is 1. The molecule has 0 unspecified atom stereocenters. The molecule has 1 saturated heterocycles. The van der Waals surface area contributed by atoms with Gasteiger partial charge in [-0.15, -0.1) is 0 Å². The molecule has 170 valence electrons. The second kappa shape index (κ2) is 9.01. The van der Waals surface area contributed by atoms with E-state index in [-0.39, 0.29) is 10.8 Å². The Bertz CT molecular complexity index is 1130. The highest BCUT2D eigenvalue weighted by Gasteiger charge is 2.52. The number of nitrogens with zero attached hydrogens (tertiary/aromatic N) is 4. The summed E-state index contributed by atoms with van der Waals surface area (Å²) in [6.07, 6.45) is 0.603.